The molecule has 0 amide bonds. The summed E-state index contributed by atoms with van der Waals surface area (Å²) in [5.74, 6) is 0.957. The zero-order valence-corrected chi connectivity index (χ0v) is 14.4. The summed E-state index contributed by atoms with van der Waals surface area (Å²) in [5.41, 5.74) is 1.34. The van der Waals surface area contributed by atoms with Gasteiger partial charge in [0.2, 0.25) is 0 Å². The topological polar surface area (TPSA) is 15.3 Å². The van der Waals surface area contributed by atoms with Gasteiger partial charge >= 0.3 is 0 Å². The monoisotopic (exact) mass is 292 g/mol. The van der Waals surface area contributed by atoms with Crippen molar-refractivity contribution in [2.24, 2.45) is 16.7 Å². The Morgan fingerprint density at radius 1 is 0.952 bits per heavy atom. The van der Waals surface area contributed by atoms with E-state index in [4.69, 9.17) is 0 Å². The van der Waals surface area contributed by atoms with E-state index < -0.39 is 0 Å². The van der Waals surface area contributed by atoms with E-state index in [2.05, 4.69) is 24.2 Å². The van der Waals surface area contributed by atoms with Gasteiger partial charge in [0.1, 0.15) is 0 Å². The number of nitrogens with zero attached hydrogens (tertiary/aromatic N) is 1. The summed E-state index contributed by atoms with van der Waals surface area (Å²) in [4.78, 5) is 2.82. The van der Waals surface area contributed by atoms with E-state index in [0.29, 0.717) is 5.41 Å². The predicted molar refractivity (Wildman–Crippen MR) is 90.6 cm³/mol. The fourth-order valence-electron chi connectivity index (χ4n) is 5.43. The molecule has 1 saturated heterocycles. The van der Waals surface area contributed by atoms with Crippen LogP contribution in [0.3, 0.4) is 0 Å². The average molecular weight is 293 g/mol. The molecule has 1 N–H and O–H groups in total. The van der Waals surface area contributed by atoms with Crippen LogP contribution in [-0.4, -0.2) is 38.1 Å². The minimum atomic E-state index is 0.571. The Hall–Kier alpha value is -0.0800. The Morgan fingerprint density at radius 2 is 1.57 bits per heavy atom. The fraction of sp³-hybridized carbons (Fsp3) is 1.00. The molecule has 1 aliphatic heterocycles. The molecular weight excluding hydrogens is 256 g/mol. The van der Waals surface area contributed by atoms with Crippen molar-refractivity contribution in [2.75, 3.05) is 33.2 Å². The molecule has 2 nitrogen and oxygen atoms in total. The smallest absolute Gasteiger partial charge is 0.00501 e. The van der Waals surface area contributed by atoms with Crippen molar-refractivity contribution in [1.82, 2.24) is 10.2 Å². The predicted octanol–water partition coefficient (Wildman–Crippen LogP) is 4.06. The molecule has 0 bridgehead atoms. The quantitative estimate of drug-likeness (QED) is 0.840. The highest BCUT2D eigenvalue weighted by molar-refractivity contribution is 4.94. The van der Waals surface area contributed by atoms with Crippen LogP contribution in [0.5, 0.6) is 0 Å². The van der Waals surface area contributed by atoms with Crippen LogP contribution in [0, 0.1) is 16.7 Å². The van der Waals surface area contributed by atoms with Crippen molar-refractivity contribution < 1.29 is 0 Å². The van der Waals surface area contributed by atoms with Gasteiger partial charge in [-0.25, -0.2) is 0 Å². The lowest BCUT2D eigenvalue weighted by Crippen LogP contribution is -2.49. The molecule has 2 saturated carbocycles. The van der Waals surface area contributed by atoms with Gasteiger partial charge in [-0.2, -0.15) is 0 Å². The lowest BCUT2D eigenvalue weighted by atomic mass is 9.69. The molecule has 3 aliphatic rings. The molecule has 0 atom stereocenters. The maximum Gasteiger partial charge on any atom is 0.00501 e. The van der Waals surface area contributed by atoms with E-state index in [1.165, 1.54) is 90.4 Å². The Labute approximate surface area is 132 Å². The zero-order valence-electron chi connectivity index (χ0n) is 14.4. The number of nitrogens with one attached hydrogen (secondary N) is 1. The number of hydrogen-bond acceptors (Lipinski definition) is 2. The standard InChI is InChI=1S/C19H36N2/c1-17-5-9-19(10-6-17,15-20-2)16-21-13-11-18(12-14-21)7-3-4-8-18/h17,20H,3-16H2,1-2H3. The van der Waals surface area contributed by atoms with Crippen LogP contribution >= 0.6 is 0 Å². The SMILES string of the molecule is CNCC1(CN2CCC3(CCCC3)CC2)CCC(C)CC1. The van der Waals surface area contributed by atoms with E-state index in [0.717, 1.165) is 11.3 Å². The first-order valence-electron chi connectivity index (χ1n) is 9.52. The summed E-state index contributed by atoms with van der Waals surface area (Å²) in [6.45, 7) is 7.77. The first-order chi connectivity index (χ1) is 10.2. The number of piperidine rings is 1. The number of likely N-dealkylation sites (tertiary alicyclic amines) is 1. The van der Waals surface area contributed by atoms with Gasteiger partial charge in [0.25, 0.3) is 0 Å². The second-order valence-corrected chi connectivity index (χ2v) is 8.70. The molecule has 2 aliphatic carbocycles. The van der Waals surface area contributed by atoms with Gasteiger partial charge in [-0.15, -0.1) is 0 Å². The molecule has 0 aromatic heterocycles. The van der Waals surface area contributed by atoms with Crippen molar-refractivity contribution in [1.29, 1.82) is 0 Å². The molecule has 1 heterocycles. The Kier molecular flexibility index (Phi) is 4.95. The molecule has 2 heteroatoms. The van der Waals surface area contributed by atoms with Crippen LogP contribution in [0.1, 0.15) is 71.1 Å². The van der Waals surface area contributed by atoms with Crippen LogP contribution < -0.4 is 5.32 Å². The molecule has 0 aromatic carbocycles. The molecule has 1 spiro atoms. The normalized spacial score (nSPS) is 37.1. The fourth-order valence-corrected chi connectivity index (χ4v) is 5.43. The third kappa shape index (κ3) is 3.64. The van der Waals surface area contributed by atoms with Gasteiger partial charge < -0.3 is 10.2 Å². The van der Waals surface area contributed by atoms with Gasteiger partial charge in [-0.1, -0.05) is 32.6 Å². The number of hydrogen-bond donors (Lipinski definition) is 1. The summed E-state index contributed by atoms with van der Waals surface area (Å²) in [6, 6.07) is 0. The molecule has 0 radical (unpaired) electrons. The first kappa shape index (κ1) is 15.8. The molecule has 122 valence electrons. The zero-order chi connectivity index (χ0) is 14.8. The van der Waals surface area contributed by atoms with Crippen molar-refractivity contribution in [2.45, 2.75) is 71.1 Å². The van der Waals surface area contributed by atoms with Crippen molar-refractivity contribution in [3.8, 4) is 0 Å². The lowest BCUT2D eigenvalue weighted by Gasteiger charge is -2.46. The molecule has 3 rings (SSSR count). The second-order valence-electron chi connectivity index (χ2n) is 8.70. The van der Waals surface area contributed by atoms with E-state index in [1.807, 2.05) is 0 Å². The molecule has 0 unspecified atom stereocenters. The van der Waals surface area contributed by atoms with E-state index in [1.54, 1.807) is 0 Å². The van der Waals surface area contributed by atoms with E-state index in [9.17, 15) is 0 Å². The van der Waals surface area contributed by atoms with Gasteiger partial charge in [0.15, 0.2) is 0 Å². The van der Waals surface area contributed by atoms with E-state index >= 15 is 0 Å². The van der Waals surface area contributed by atoms with Gasteiger partial charge in [-0.3, -0.25) is 0 Å². The maximum atomic E-state index is 3.50. The Morgan fingerprint density at radius 3 is 2.14 bits per heavy atom. The van der Waals surface area contributed by atoms with Crippen LogP contribution in [0.2, 0.25) is 0 Å². The summed E-state index contributed by atoms with van der Waals surface area (Å²) in [6.07, 6.45) is 14.8. The highest BCUT2D eigenvalue weighted by Gasteiger charge is 2.40. The minimum Gasteiger partial charge on any atom is -0.319 e. The van der Waals surface area contributed by atoms with Crippen LogP contribution in [0.4, 0.5) is 0 Å². The maximum absolute atomic E-state index is 3.50. The van der Waals surface area contributed by atoms with Gasteiger partial charge in [0, 0.05) is 13.1 Å². The number of rotatable bonds is 4. The second kappa shape index (κ2) is 6.58. The summed E-state index contributed by atoms with van der Waals surface area (Å²) in [7, 11) is 2.14. The molecule has 0 aromatic rings. The minimum absolute atomic E-state index is 0.571. The highest BCUT2D eigenvalue weighted by Crippen LogP contribution is 2.47. The summed E-state index contributed by atoms with van der Waals surface area (Å²) >= 11 is 0. The largest absolute Gasteiger partial charge is 0.319 e. The summed E-state index contributed by atoms with van der Waals surface area (Å²) < 4.78 is 0. The van der Waals surface area contributed by atoms with Crippen molar-refractivity contribution in [3.05, 3.63) is 0 Å². The van der Waals surface area contributed by atoms with Gasteiger partial charge in [0.05, 0.1) is 0 Å². The Bertz CT molecular complexity index is 314. The third-order valence-corrected chi connectivity index (χ3v) is 7.03. The van der Waals surface area contributed by atoms with Crippen LogP contribution in [0.15, 0.2) is 0 Å². The summed E-state index contributed by atoms with van der Waals surface area (Å²) in [5, 5.41) is 3.50. The average Bonchev–Trinajstić information content (AvgIpc) is 2.94. The van der Waals surface area contributed by atoms with Crippen molar-refractivity contribution >= 4 is 0 Å². The van der Waals surface area contributed by atoms with E-state index in [-0.39, 0.29) is 0 Å². The Balaban J connectivity index is 1.54. The van der Waals surface area contributed by atoms with Gasteiger partial charge in [-0.05, 0) is 75.4 Å². The van der Waals surface area contributed by atoms with Crippen LogP contribution in [0.25, 0.3) is 0 Å². The molecule has 21 heavy (non-hydrogen) atoms. The van der Waals surface area contributed by atoms with Crippen LogP contribution in [-0.2, 0) is 0 Å². The third-order valence-electron chi connectivity index (χ3n) is 7.03. The first-order valence-corrected chi connectivity index (χ1v) is 9.52. The highest BCUT2D eigenvalue weighted by atomic mass is 15.1. The lowest BCUT2D eigenvalue weighted by molar-refractivity contribution is 0.0434. The van der Waals surface area contributed by atoms with Crippen molar-refractivity contribution in [3.63, 3.8) is 0 Å². The molecule has 3 fully saturated rings. The molecular formula is C19H36N2.